The Morgan fingerprint density at radius 3 is 2.14 bits per heavy atom. The molecule has 1 aromatic rings. The molecule has 2 amide bonds. The van der Waals surface area contributed by atoms with Gasteiger partial charge in [-0.05, 0) is 44.0 Å². The van der Waals surface area contributed by atoms with Gasteiger partial charge in [0, 0.05) is 29.0 Å². The molecule has 29 heavy (non-hydrogen) atoms. The van der Waals surface area contributed by atoms with Crippen molar-refractivity contribution in [2.24, 2.45) is 11.8 Å². The maximum absolute atomic E-state index is 12.6. The van der Waals surface area contributed by atoms with Crippen molar-refractivity contribution in [2.75, 3.05) is 0 Å². The molecule has 1 fully saturated rings. The van der Waals surface area contributed by atoms with Crippen LogP contribution in [0.4, 0.5) is 8.78 Å². The van der Waals surface area contributed by atoms with E-state index in [1.54, 1.807) is 31.2 Å². The summed E-state index contributed by atoms with van der Waals surface area (Å²) in [5, 5.41) is 9.88. The molecule has 2 atom stereocenters. The van der Waals surface area contributed by atoms with Crippen molar-refractivity contribution >= 4 is 12.3 Å². The predicted octanol–water partition coefficient (Wildman–Crippen LogP) is 4.40. The summed E-state index contributed by atoms with van der Waals surface area (Å²) in [6, 6.07) is 6.40. The fourth-order valence-corrected chi connectivity index (χ4v) is 2.60. The maximum atomic E-state index is 12.6. The summed E-state index contributed by atoms with van der Waals surface area (Å²) in [6.07, 6.45) is 2.60. The average molecular weight is 411 g/mol. The third kappa shape index (κ3) is 10.6. The summed E-state index contributed by atoms with van der Waals surface area (Å²) in [7, 11) is 0. The number of carbonyl (C=O) groups excluding carboxylic acids is 2. The second-order valence-electron chi connectivity index (χ2n) is 6.53. The van der Waals surface area contributed by atoms with Gasteiger partial charge in [-0.1, -0.05) is 45.5 Å². The molecule has 5 nitrogen and oxygen atoms in total. The Morgan fingerprint density at radius 1 is 1.17 bits per heavy atom. The Bertz CT molecular complexity index is 648. The lowest BCUT2D eigenvalue weighted by atomic mass is 10.0. The monoisotopic (exact) mass is 410 g/mol. The number of nitrogens with one attached hydrogen (secondary N) is 2. The second kappa shape index (κ2) is 15.5. The molecule has 162 valence electrons. The molecule has 0 saturated heterocycles. The van der Waals surface area contributed by atoms with Crippen LogP contribution < -0.4 is 10.8 Å². The maximum Gasteiger partial charge on any atom is 0.251 e. The molecular formula is C22H32F2N2O3. The smallest absolute Gasteiger partial charge is 0.251 e. The van der Waals surface area contributed by atoms with Gasteiger partial charge in [0.2, 0.25) is 12.8 Å². The number of rotatable bonds is 5. The van der Waals surface area contributed by atoms with E-state index in [0.717, 1.165) is 5.56 Å². The summed E-state index contributed by atoms with van der Waals surface area (Å²) >= 11 is 0. The molecule has 2 rings (SSSR count). The highest BCUT2D eigenvalue weighted by Crippen LogP contribution is 2.23. The third-order valence-corrected chi connectivity index (χ3v) is 4.52. The Morgan fingerprint density at radius 2 is 1.69 bits per heavy atom. The Kier molecular flexibility index (Phi) is 14.1. The molecule has 0 aromatic heterocycles. The van der Waals surface area contributed by atoms with Gasteiger partial charge in [0.25, 0.3) is 5.91 Å². The first-order chi connectivity index (χ1) is 13.9. The van der Waals surface area contributed by atoms with E-state index in [9.17, 15) is 13.6 Å². The summed E-state index contributed by atoms with van der Waals surface area (Å²) in [5.41, 5.74) is 2.59. The van der Waals surface area contributed by atoms with Crippen LogP contribution in [-0.4, -0.2) is 30.0 Å². The Hall–Kier alpha value is -2.46. The number of amides is 2. The van der Waals surface area contributed by atoms with E-state index >= 15 is 0 Å². The molecular weight excluding hydrogens is 378 g/mol. The van der Waals surface area contributed by atoms with Crippen molar-refractivity contribution in [3.63, 3.8) is 0 Å². The standard InChI is InChI=1S/C19H23F2NO.C2H6.CH3NO2/c1-13(18(20)21)14(2)22-19(23)17-11-9-16(10-12-17)8-7-15-5-3-4-6-15;1-2;3-1-2-4/h9-15,18H,3-6H2,1-2H3,(H,22,23);1-2H3;1,4H,(H,2,3). The largest absolute Gasteiger partial charge is 0.349 e. The van der Waals surface area contributed by atoms with Crippen molar-refractivity contribution < 1.29 is 23.6 Å². The highest BCUT2D eigenvalue weighted by molar-refractivity contribution is 5.94. The van der Waals surface area contributed by atoms with Gasteiger partial charge in [-0.15, -0.1) is 0 Å². The molecule has 3 N–H and O–H groups in total. The van der Waals surface area contributed by atoms with Crippen molar-refractivity contribution in [1.82, 2.24) is 10.8 Å². The number of benzene rings is 1. The molecule has 1 aliphatic rings. The summed E-state index contributed by atoms with van der Waals surface area (Å²) in [4.78, 5) is 20.9. The van der Waals surface area contributed by atoms with E-state index in [0.29, 0.717) is 11.5 Å². The minimum Gasteiger partial charge on any atom is -0.349 e. The molecule has 1 aromatic carbocycles. The lowest BCUT2D eigenvalue weighted by Crippen LogP contribution is -2.39. The zero-order chi connectivity index (χ0) is 22.2. The topological polar surface area (TPSA) is 78.4 Å². The van der Waals surface area contributed by atoms with Crippen LogP contribution in [0, 0.1) is 23.7 Å². The lowest BCUT2D eigenvalue weighted by Gasteiger charge is -2.20. The first kappa shape index (κ1) is 26.5. The third-order valence-electron chi connectivity index (χ3n) is 4.52. The number of hydrogen-bond donors (Lipinski definition) is 3. The van der Waals surface area contributed by atoms with Crippen LogP contribution >= 0.6 is 0 Å². The molecule has 0 aliphatic heterocycles. The minimum absolute atomic E-state index is 0.181. The average Bonchev–Trinajstić information content (AvgIpc) is 3.27. The summed E-state index contributed by atoms with van der Waals surface area (Å²) in [6.45, 7) is 7.02. The van der Waals surface area contributed by atoms with Crippen LogP contribution in [0.1, 0.15) is 69.3 Å². The highest BCUT2D eigenvalue weighted by Gasteiger charge is 2.23. The van der Waals surface area contributed by atoms with Crippen LogP contribution in [0.5, 0.6) is 0 Å². The van der Waals surface area contributed by atoms with E-state index in [2.05, 4.69) is 17.2 Å². The van der Waals surface area contributed by atoms with Gasteiger partial charge < -0.3 is 5.32 Å². The van der Waals surface area contributed by atoms with Gasteiger partial charge in [0.15, 0.2) is 0 Å². The summed E-state index contributed by atoms with van der Waals surface area (Å²) < 4.78 is 25.3. The van der Waals surface area contributed by atoms with Crippen molar-refractivity contribution in [2.45, 2.75) is 65.8 Å². The zero-order valence-electron chi connectivity index (χ0n) is 17.5. The molecule has 1 aliphatic carbocycles. The lowest BCUT2D eigenvalue weighted by molar-refractivity contribution is -0.116. The first-order valence-electron chi connectivity index (χ1n) is 9.93. The van der Waals surface area contributed by atoms with Crippen LogP contribution in [0.15, 0.2) is 24.3 Å². The fraction of sp³-hybridized carbons (Fsp3) is 0.545. The fourth-order valence-electron chi connectivity index (χ4n) is 2.60. The number of hydrogen-bond acceptors (Lipinski definition) is 3. The van der Waals surface area contributed by atoms with Crippen molar-refractivity contribution in [3.8, 4) is 11.8 Å². The van der Waals surface area contributed by atoms with E-state index in [-0.39, 0.29) is 12.3 Å². The van der Waals surface area contributed by atoms with Gasteiger partial charge in [-0.2, -0.15) is 0 Å². The van der Waals surface area contributed by atoms with Gasteiger partial charge in [0.05, 0.1) is 0 Å². The van der Waals surface area contributed by atoms with Gasteiger partial charge in [-0.25, -0.2) is 14.3 Å². The Balaban J connectivity index is 0.00000116. The quantitative estimate of drug-likeness (QED) is 0.291. The van der Waals surface area contributed by atoms with E-state index in [1.807, 2.05) is 13.8 Å². The zero-order valence-corrected chi connectivity index (χ0v) is 17.5. The molecule has 0 bridgehead atoms. The van der Waals surface area contributed by atoms with Crippen LogP contribution in [-0.2, 0) is 4.79 Å². The SMILES string of the molecule is CC.CC(NC(=O)c1ccc(C#CC2CCCC2)cc1)C(C)C(F)F.O=CNO. The summed E-state index contributed by atoms with van der Waals surface area (Å²) in [5.74, 6) is 5.70. The van der Waals surface area contributed by atoms with E-state index in [1.165, 1.54) is 38.1 Å². The normalized spacial score (nSPS) is 14.8. The second-order valence-corrected chi connectivity index (χ2v) is 6.53. The minimum atomic E-state index is -2.45. The molecule has 1 saturated carbocycles. The predicted molar refractivity (Wildman–Crippen MR) is 110 cm³/mol. The Labute approximate surface area is 172 Å². The van der Waals surface area contributed by atoms with Crippen LogP contribution in [0.2, 0.25) is 0 Å². The number of alkyl halides is 2. The molecule has 7 heteroatoms. The highest BCUT2D eigenvalue weighted by atomic mass is 19.3. The van der Waals surface area contributed by atoms with Gasteiger partial charge in [0.1, 0.15) is 0 Å². The van der Waals surface area contributed by atoms with E-state index < -0.39 is 18.4 Å². The van der Waals surface area contributed by atoms with Crippen molar-refractivity contribution in [1.29, 1.82) is 0 Å². The number of hydroxylamine groups is 1. The molecule has 0 radical (unpaired) electrons. The van der Waals surface area contributed by atoms with Crippen molar-refractivity contribution in [3.05, 3.63) is 35.4 Å². The first-order valence-corrected chi connectivity index (χ1v) is 9.93. The van der Waals surface area contributed by atoms with Gasteiger partial charge in [-0.3, -0.25) is 14.8 Å². The number of carbonyl (C=O) groups is 2. The van der Waals surface area contributed by atoms with Crippen LogP contribution in [0.3, 0.4) is 0 Å². The van der Waals surface area contributed by atoms with Gasteiger partial charge >= 0.3 is 0 Å². The molecule has 0 heterocycles. The van der Waals surface area contributed by atoms with Crippen LogP contribution in [0.25, 0.3) is 0 Å². The molecule has 0 spiro atoms. The molecule has 2 unspecified atom stereocenters. The van der Waals surface area contributed by atoms with E-state index in [4.69, 9.17) is 10.0 Å². The number of halogens is 2.